The number of nitrogens with one attached hydrogen (secondary N) is 2. The Labute approximate surface area is 180 Å². The maximum atomic E-state index is 12.5. The summed E-state index contributed by atoms with van der Waals surface area (Å²) in [6.07, 6.45) is 2.11. The van der Waals surface area contributed by atoms with Gasteiger partial charge in [-0.2, -0.15) is 5.26 Å². The van der Waals surface area contributed by atoms with Crippen LogP contribution in [0, 0.1) is 11.3 Å². The van der Waals surface area contributed by atoms with Crippen molar-refractivity contribution < 1.29 is 4.74 Å². The SMILES string of the molecule is CCc1c(C#N)c(=O)[nH]c(=O)n1-c1cc(Cl)c(Oc2ccc3[nH]ccc3c2)c(Cl)c1. The molecule has 0 saturated heterocycles. The Kier molecular flexibility index (Phi) is 5.12. The van der Waals surface area contributed by atoms with Gasteiger partial charge >= 0.3 is 5.69 Å². The molecule has 0 spiro atoms. The largest absolute Gasteiger partial charge is 0.454 e. The van der Waals surface area contributed by atoms with Gasteiger partial charge in [0, 0.05) is 17.1 Å². The van der Waals surface area contributed by atoms with E-state index in [4.69, 9.17) is 27.9 Å². The number of aromatic amines is 2. The Morgan fingerprint density at radius 1 is 1.13 bits per heavy atom. The third kappa shape index (κ3) is 3.36. The molecule has 4 rings (SSSR count). The van der Waals surface area contributed by atoms with Crippen molar-refractivity contribution in [2.75, 3.05) is 0 Å². The van der Waals surface area contributed by atoms with Gasteiger partial charge in [-0.1, -0.05) is 30.1 Å². The fraction of sp³-hybridized carbons (Fsp3) is 0.0952. The molecule has 0 aliphatic heterocycles. The van der Waals surface area contributed by atoms with Crippen molar-refractivity contribution in [2.24, 2.45) is 0 Å². The zero-order chi connectivity index (χ0) is 21.4. The zero-order valence-corrected chi connectivity index (χ0v) is 17.1. The van der Waals surface area contributed by atoms with E-state index in [0.717, 1.165) is 10.9 Å². The lowest BCUT2D eigenvalue weighted by Gasteiger charge is -2.15. The maximum absolute atomic E-state index is 12.5. The summed E-state index contributed by atoms with van der Waals surface area (Å²) >= 11 is 12.8. The van der Waals surface area contributed by atoms with Crippen molar-refractivity contribution in [1.29, 1.82) is 5.26 Å². The monoisotopic (exact) mass is 440 g/mol. The van der Waals surface area contributed by atoms with Crippen LogP contribution < -0.4 is 16.0 Å². The van der Waals surface area contributed by atoms with Crippen LogP contribution in [0.25, 0.3) is 16.6 Å². The minimum absolute atomic E-state index is 0.135. The van der Waals surface area contributed by atoms with E-state index in [0.29, 0.717) is 11.4 Å². The number of H-pyrrole nitrogens is 2. The van der Waals surface area contributed by atoms with Crippen LogP contribution in [-0.4, -0.2) is 14.5 Å². The van der Waals surface area contributed by atoms with Crippen LogP contribution in [0.5, 0.6) is 11.5 Å². The highest BCUT2D eigenvalue weighted by atomic mass is 35.5. The molecule has 4 aromatic rings. The Morgan fingerprint density at radius 2 is 1.87 bits per heavy atom. The first kappa shape index (κ1) is 19.8. The summed E-state index contributed by atoms with van der Waals surface area (Å²) in [5, 5.41) is 10.6. The zero-order valence-electron chi connectivity index (χ0n) is 15.6. The van der Waals surface area contributed by atoms with E-state index in [-0.39, 0.29) is 33.5 Å². The highest BCUT2D eigenvalue weighted by molar-refractivity contribution is 6.37. The fourth-order valence-electron chi connectivity index (χ4n) is 3.29. The van der Waals surface area contributed by atoms with E-state index in [1.54, 1.807) is 13.0 Å². The molecule has 0 amide bonds. The molecule has 150 valence electrons. The highest BCUT2D eigenvalue weighted by Gasteiger charge is 2.18. The fourth-order valence-corrected chi connectivity index (χ4v) is 3.84. The number of ether oxygens (including phenoxy) is 1. The molecule has 0 atom stereocenters. The molecular formula is C21H14Cl2N4O3. The van der Waals surface area contributed by atoms with Crippen molar-refractivity contribution in [2.45, 2.75) is 13.3 Å². The topological polar surface area (TPSA) is 104 Å². The number of rotatable bonds is 4. The normalized spacial score (nSPS) is 10.9. The van der Waals surface area contributed by atoms with Gasteiger partial charge < -0.3 is 9.72 Å². The van der Waals surface area contributed by atoms with E-state index >= 15 is 0 Å². The van der Waals surface area contributed by atoms with Crippen LogP contribution in [0.1, 0.15) is 18.2 Å². The number of nitrogens with zero attached hydrogens (tertiary/aromatic N) is 2. The van der Waals surface area contributed by atoms with E-state index in [1.807, 2.05) is 30.5 Å². The predicted molar refractivity (Wildman–Crippen MR) is 115 cm³/mol. The number of aromatic nitrogens is 3. The second-order valence-corrected chi connectivity index (χ2v) is 7.26. The standard InChI is InChI=1S/C21H14Cl2N4O3/c1-2-18-14(10-24)20(28)26-21(29)27(18)12-8-15(22)19(16(23)9-12)30-13-3-4-17-11(7-13)5-6-25-17/h3-9,25H,2H2,1H3,(H,26,28,29). The van der Waals surface area contributed by atoms with Crippen LogP contribution in [0.15, 0.2) is 52.2 Å². The first-order valence-corrected chi connectivity index (χ1v) is 9.71. The number of fused-ring (bicyclic) bond motifs is 1. The first-order chi connectivity index (χ1) is 14.4. The third-order valence-corrected chi connectivity index (χ3v) is 5.20. The minimum Gasteiger partial charge on any atom is -0.454 e. The summed E-state index contributed by atoms with van der Waals surface area (Å²) in [5.74, 6) is 0.772. The lowest BCUT2D eigenvalue weighted by atomic mass is 10.1. The molecule has 0 aliphatic rings. The van der Waals surface area contributed by atoms with Crippen LogP contribution in [0.4, 0.5) is 0 Å². The molecule has 30 heavy (non-hydrogen) atoms. The van der Waals surface area contributed by atoms with Gasteiger partial charge in [0.15, 0.2) is 5.75 Å². The molecule has 0 bridgehead atoms. The van der Waals surface area contributed by atoms with E-state index in [2.05, 4.69) is 9.97 Å². The van der Waals surface area contributed by atoms with Crippen LogP contribution in [0.3, 0.4) is 0 Å². The average Bonchev–Trinajstić information content (AvgIpc) is 3.17. The molecule has 2 aromatic carbocycles. The Hall–Kier alpha value is -3.47. The maximum Gasteiger partial charge on any atom is 0.333 e. The molecule has 0 fully saturated rings. The van der Waals surface area contributed by atoms with Crippen molar-refractivity contribution in [3.8, 4) is 23.3 Å². The average molecular weight is 441 g/mol. The van der Waals surface area contributed by atoms with E-state index in [9.17, 15) is 14.9 Å². The second kappa shape index (κ2) is 7.75. The molecule has 0 aliphatic carbocycles. The van der Waals surface area contributed by atoms with Gasteiger partial charge in [0.25, 0.3) is 5.56 Å². The van der Waals surface area contributed by atoms with Crippen LogP contribution in [-0.2, 0) is 6.42 Å². The lowest BCUT2D eigenvalue weighted by molar-refractivity contribution is 0.484. The van der Waals surface area contributed by atoms with Gasteiger partial charge in [-0.3, -0.25) is 14.3 Å². The minimum atomic E-state index is -0.729. The molecule has 9 heteroatoms. The van der Waals surface area contributed by atoms with Crippen molar-refractivity contribution in [1.82, 2.24) is 14.5 Å². The van der Waals surface area contributed by atoms with E-state index < -0.39 is 11.2 Å². The first-order valence-electron chi connectivity index (χ1n) is 8.95. The van der Waals surface area contributed by atoms with E-state index in [1.165, 1.54) is 16.7 Å². The molecule has 2 aromatic heterocycles. The molecular weight excluding hydrogens is 427 g/mol. The number of halogens is 2. The van der Waals surface area contributed by atoms with Gasteiger partial charge in [0.2, 0.25) is 0 Å². The summed E-state index contributed by atoms with van der Waals surface area (Å²) in [7, 11) is 0. The van der Waals surface area contributed by atoms with Crippen LogP contribution >= 0.6 is 23.2 Å². The summed E-state index contributed by atoms with van der Waals surface area (Å²) in [6, 6.07) is 12.2. The molecule has 2 heterocycles. The number of hydrogen-bond donors (Lipinski definition) is 2. The summed E-state index contributed by atoms with van der Waals surface area (Å²) in [5.41, 5.74) is -0.00217. The van der Waals surface area contributed by atoms with Crippen LogP contribution in [0.2, 0.25) is 10.0 Å². The Balaban J connectivity index is 1.81. The third-order valence-electron chi connectivity index (χ3n) is 4.64. The lowest BCUT2D eigenvalue weighted by Crippen LogP contribution is -2.33. The van der Waals surface area contributed by atoms with Gasteiger partial charge in [0.1, 0.15) is 17.4 Å². The summed E-state index contributed by atoms with van der Waals surface area (Å²) in [6.45, 7) is 1.74. The van der Waals surface area contributed by atoms with Crippen molar-refractivity contribution in [3.63, 3.8) is 0 Å². The quantitative estimate of drug-likeness (QED) is 0.485. The smallest absolute Gasteiger partial charge is 0.333 e. The number of hydrogen-bond acceptors (Lipinski definition) is 4. The van der Waals surface area contributed by atoms with Crippen molar-refractivity contribution in [3.05, 3.63) is 84.7 Å². The summed E-state index contributed by atoms with van der Waals surface area (Å²) in [4.78, 5) is 29.6. The Morgan fingerprint density at radius 3 is 2.53 bits per heavy atom. The van der Waals surface area contributed by atoms with Crippen molar-refractivity contribution >= 4 is 34.1 Å². The number of nitriles is 1. The van der Waals surface area contributed by atoms with Gasteiger partial charge in [-0.05, 0) is 42.8 Å². The second-order valence-electron chi connectivity index (χ2n) is 6.45. The molecule has 0 radical (unpaired) electrons. The molecule has 0 saturated carbocycles. The molecule has 2 N–H and O–H groups in total. The molecule has 7 nitrogen and oxygen atoms in total. The predicted octanol–water partition coefficient (Wildman–Crippen LogP) is 4.54. The molecule has 0 unspecified atom stereocenters. The summed E-state index contributed by atoms with van der Waals surface area (Å²) < 4.78 is 7.10. The van der Waals surface area contributed by atoms with Gasteiger partial charge in [-0.25, -0.2) is 4.79 Å². The van der Waals surface area contributed by atoms with Gasteiger partial charge in [-0.15, -0.1) is 0 Å². The number of benzene rings is 2. The van der Waals surface area contributed by atoms with Gasteiger partial charge in [0.05, 0.1) is 21.4 Å². The highest BCUT2D eigenvalue weighted by Crippen LogP contribution is 2.39. The Bertz CT molecular complexity index is 1420.